The zero-order valence-corrected chi connectivity index (χ0v) is 12.3. The summed E-state index contributed by atoms with van der Waals surface area (Å²) in [6.45, 7) is 4.08. The number of nitrogens with two attached hydrogens (primary N) is 1. The molecule has 6 heteroatoms. The van der Waals surface area contributed by atoms with E-state index in [-0.39, 0.29) is 11.9 Å². The number of nitrogens with one attached hydrogen (secondary N) is 1. The molecular weight excluding hydrogens is 268 g/mol. The minimum absolute atomic E-state index is 0.0582. The summed E-state index contributed by atoms with van der Waals surface area (Å²) in [6, 6.07) is 3.50. The molecule has 1 saturated carbocycles. The van der Waals surface area contributed by atoms with Gasteiger partial charge in [0.05, 0.1) is 12.3 Å². The molecule has 1 saturated heterocycles. The topological polar surface area (TPSA) is 80.5 Å². The highest BCUT2D eigenvalue weighted by atomic mass is 16.5. The molecule has 1 aromatic rings. The predicted molar refractivity (Wildman–Crippen MR) is 81.3 cm³/mol. The molecule has 2 aliphatic rings. The van der Waals surface area contributed by atoms with E-state index < -0.39 is 0 Å². The molecule has 0 radical (unpaired) electrons. The molecule has 2 fully saturated rings. The van der Waals surface area contributed by atoms with Gasteiger partial charge in [-0.2, -0.15) is 4.98 Å². The normalized spacial score (nSPS) is 22.0. The van der Waals surface area contributed by atoms with Gasteiger partial charge in [-0.15, -0.1) is 0 Å². The van der Waals surface area contributed by atoms with Gasteiger partial charge in [-0.1, -0.05) is 6.92 Å². The van der Waals surface area contributed by atoms with Gasteiger partial charge >= 0.3 is 0 Å². The summed E-state index contributed by atoms with van der Waals surface area (Å²) < 4.78 is 5.72. The lowest BCUT2D eigenvalue weighted by molar-refractivity contribution is -0.123. The number of aromatic nitrogens is 1. The Bertz CT molecular complexity index is 530. The third kappa shape index (κ3) is 3.04. The van der Waals surface area contributed by atoms with Gasteiger partial charge in [0.25, 0.3) is 0 Å². The lowest BCUT2D eigenvalue weighted by atomic mass is 10.1. The van der Waals surface area contributed by atoms with Gasteiger partial charge in [0.1, 0.15) is 11.9 Å². The zero-order valence-electron chi connectivity index (χ0n) is 12.3. The van der Waals surface area contributed by atoms with Crippen molar-refractivity contribution < 1.29 is 9.53 Å². The number of carbonyl (C=O) groups is 1. The molecular formula is C15H22N4O2. The average Bonchev–Trinajstić information content (AvgIpc) is 3.30. The van der Waals surface area contributed by atoms with Crippen LogP contribution < -0.4 is 20.7 Å². The van der Waals surface area contributed by atoms with Gasteiger partial charge in [0, 0.05) is 13.1 Å². The molecule has 2 heterocycles. The summed E-state index contributed by atoms with van der Waals surface area (Å²) in [5, 5.41) is 2.89. The second-order valence-electron chi connectivity index (χ2n) is 5.73. The summed E-state index contributed by atoms with van der Waals surface area (Å²) in [7, 11) is 0. The van der Waals surface area contributed by atoms with Gasteiger partial charge in [-0.3, -0.25) is 4.79 Å². The highest BCUT2D eigenvalue weighted by molar-refractivity contribution is 5.86. The highest BCUT2D eigenvalue weighted by Gasteiger charge is 2.29. The first-order valence-electron chi connectivity index (χ1n) is 7.62. The summed E-state index contributed by atoms with van der Waals surface area (Å²) in [5.41, 5.74) is 6.48. The molecule has 0 spiro atoms. The monoisotopic (exact) mass is 290 g/mol. The van der Waals surface area contributed by atoms with E-state index in [1.54, 1.807) is 0 Å². The Morgan fingerprint density at radius 2 is 2.29 bits per heavy atom. The number of anilines is 2. The molecule has 21 heavy (non-hydrogen) atoms. The summed E-state index contributed by atoms with van der Waals surface area (Å²) in [5.74, 6) is 1.96. The molecule has 3 N–H and O–H groups in total. The van der Waals surface area contributed by atoms with Crippen molar-refractivity contribution in [2.75, 3.05) is 30.3 Å². The standard InChI is InChI=1S/C15H22N4O2/c1-2-12-14(20)17-7-8-19(12)13-6-5-11(16)15(18-13)21-9-10-3-4-10/h5-6,10,12H,2-4,7-9,16H2,1H3,(H,17,20). The van der Waals surface area contributed by atoms with E-state index in [1.807, 2.05) is 24.0 Å². The van der Waals surface area contributed by atoms with E-state index in [1.165, 1.54) is 12.8 Å². The molecule has 1 aliphatic heterocycles. The van der Waals surface area contributed by atoms with Crippen LogP contribution in [-0.2, 0) is 4.79 Å². The first kappa shape index (κ1) is 14.0. The van der Waals surface area contributed by atoms with E-state index in [0.29, 0.717) is 30.6 Å². The van der Waals surface area contributed by atoms with Crippen molar-refractivity contribution >= 4 is 17.4 Å². The number of rotatable bonds is 5. The van der Waals surface area contributed by atoms with Crippen molar-refractivity contribution in [3.05, 3.63) is 12.1 Å². The van der Waals surface area contributed by atoms with Crippen molar-refractivity contribution in [3.63, 3.8) is 0 Å². The van der Waals surface area contributed by atoms with Crippen LogP contribution in [0.25, 0.3) is 0 Å². The van der Waals surface area contributed by atoms with Crippen LogP contribution in [-0.4, -0.2) is 36.6 Å². The van der Waals surface area contributed by atoms with Crippen LogP contribution in [0.4, 0.5) is 11.5 Å². The van der Waals surface area contributed by atoms with Crippen molar-refractivity contribution in [3.8, 4) is 5.88 Å². The molecule has 1 aromatic heterocycles. The number of pyridine rings is 1. The second-order valence-corrected chi connectivity index (χ2v) is 5.73. The van der Waals surface area contributed by atoms with E-state index in [4.69, 9.17) is 10.5 Å². The summed E-state index contributed by atoms with van der Waals surface area (Å²) in [6.07, 6.45) is 3.20. The lowest BCUT2D eigenvalue weighted by Crippen LogP contribution is -2.55. The van der Waals surface area contributed by atoms with Gasteiger partial charge < -0.3 is 20.7 Å². The van der Waals surface area contributed by atoms with Crippen LogP contribution in [0.15, 0.2) is 12.1 Å². The molecule has 6 nitrogen and oxygen atoms in total. The number of hydrogen-bond acceptors (Lipinski definition) is 5. The number of nitrogen functional groups attached to an aromatic ring is 1. The smallest absolute Gasteiger partial charge is 0.242 e. The number of hydrogen-bond donors (Lipinski definition) is 2. The van der Waals surface area contributed by atoms with Crippen LogP contribution in [0.5, 0.6) is 5.88 Å². The largest absolute Gasteiger partial charge is 0.476 e. The van der Waals surface area contributed by atoms with Crippen LogP contribution in [0.3, 0.4) is 0 Å². The average molecular weight is 290 g/mol. The summed E-state index contributed by atoms with van der Waals surface area (Å²) in [4.78, 5) is 18.5. The molecule has 1 amide bonds. The summed E-state index contributed by atoms with van der Waals surface area (Å²) >= 11 is 0. The van der Waals surface area contributed by atoms with Crippen LogP contribution in [0.1, 0.15) is 26.2 Å². The van der Waals surface area contributed by atoms with Crippen molar-refractivity contribution in [2.45, 2.75) is 32.2 Å². The van der Waals surface area contributed by atoms with Crippen molar-refractivity contribution in [1.82, 2.24) is 10.3 Å². The molecule has 1 unspecified atom stereocenters. The molecule has 0 aromatic carbocycles. The first-order valence-corrected chi connectivity index (χ1v) is 7.62. The van der Waals surface area contributed by atoms with Gasteiger partial charge in [0.15, 0.2) is 0 Å². The van der Waals surface area contributed by atoms with Gasteiger partial charge in [0.2, 0.25) is 11.8 Å². The fraction of sp³-hybridized carbons (Fsp3) is 0.600. The Morgan fingerprint density at radius 1 is 1.48 bits per heavy atom. The Labute approximate surface area is 124 Å². The first-order chi connectivity index (χ1) is 10.2. The fourth-order valence-electron chi connectivity index (χ4n) is 2.59. The number of piperazine rings is 1. The lowest BCUT2D eigenvalue weighted by Gasteiger charge is -2.35. The predicted octanol–water partition coefficient (Wildman–Crippen LogP) is 1.17. The van der Waals surface area contributed by atoms with Crippen molar-refractivity contribution in [1.29, 1.82) is 0 Å². The van der Waals surface area contributed by atoms with Gasteiger partial charge in [-0.25, -0.2) is 0 Å². The number of nitrogens with zero attached hydrogens (tertiary/aromatic N) is 2. The quantitative estimate of drug-likeness (QED) is 0.851. The molecule has 3 rings (SSSR count). The van der Waals surface area contributed by atoms with Crippen LogP contribution >= 0.6 is 0 Å². The van der Waals surface area contributed by atoms with E-state index in [0.717, 1.165) is 18.8 Å². The van der Waals surface area contributed by atoms with E-state index in [2.05, 4.69) is 10.3 Å². The minimum atomic E-state index is -0.175. The fourth-order valence-corrected chi connectivity index (χ4v) is 2.59. The Morgan fingerprint density at radius 3 is 3.00 bits per heavy atom. The number of amides is 1. The second kappa shape index (κ2) is 5.79. The van der Waals surface area contributed by atoms with E-state index >= 15 is 0 Å². The maximum absolute atomic E-state index is 11.9. The zero-order chi connectivity index (χ0) is 14.8. The number of ether oxygens (including phenoxy) is 1. The van der Waals surface area contributed by atoms with Crippen molar-refractivity contribution in [2.24, 2.45) is 5.92 Å². The van der Waals surface area contributed by atoms with Crippen LogP contribution in [0, 0.1) is 5.92 Å². The SMILES string of the molecule is CCC1C(=O)NCCN1c1ccc(N)c(OCC2CC2)n1. The van der Waals surface area contributed by atoms with Gasteiger partial charge in [-0.05, 0) is 37.3 Å². The molecule has 1 atom stereocenters. The van der Waals surface area contributed by atoms with E-state index in [9.17, 15) is 4.79 Å². The third-order valence-corrected chi connectivity index (χ3v) is 4.04. The molecule has 0 bridgehead atoms. The Hall–Kier alpha value is -1.98. The molecule has 1 aliphatic carbocycles. The minimum Gasteiger partial charge on any atom is -0.476 e. The number of carbonyl (C=O) groups excluding carboxylic acids is 1. The van der Waals surface area contributed by atoms with Crippen LogP contribution in [0.2, 0.25) is 0 Å². The Balaban J connectivity index is 1.79. The molecule has 114 valence electrons. The maximum Gasteiger partial charge on any atom is 0.242 e. The Kier molecular flexibility index (Phi) is 3.86. The maximum atomic E-state index is 11.9. The third-order valence-electron chi connectivity index (χ3n) is 4.04. The highest BCUT2D eigenvalue weighted by Crippen LogP contribution is 2.31.